The number of carbonyl (C=O) groups excluding carboxylic acids is 3. The Morgan fingerprint density at radius 3 is 2.78 bits per heavy atom. The Hall–Kier alpha value is -2.68. The Balaban J connectivity index is 1.56. The maximum Gasteiger partial charge on any atom is 0.273 e. The Bertz CT molecular complexity index is 980. The van der Waals surface area contributed by atoms with Crippen LogP contribution in [0.15, 0.2) is 23.6 Å². The van der Waals surface area contributed by atoms with Gasteiger partial charge in [-0.3, -0.25) is 19.1 Å². The molecule has 1 saturated carbocycles. The van der Waals surface area contributed by atoms with Crippen LogP contribution < -0.4 is 10.6 Å². The molecule has 4 rings (SSSR count). The summed E-state index contributed by atoms with van der Waals surface area (Å²) >= 11 is 1.57. The molecule has 0 saturated heterocycles. The molecule has 172 valence electrons. The zero-order valence-corrected chi connectivity index (χ0v) is 19.5. The summed E-state index contributed by atoms with van der Waals surface area (Å²) in [6, 6.07) is 5.59. The van der Waals surface area contributed by atoms with E-state index < -0.39 is 5.54 Å². The molecule has 2 aliphatic rings. The van der Waals surface area contributed by atoms with E-state index in [1.165, 1.54) is 4.68 Å². The molecule has 0 aromatic carbocycles. The van der Waals surface area contributed by atoms with Gasteiger partial charge in [-0.05, 0) is 37.6 Å². The highest BCUT2D eigenvalue weighted by atomic mass is 32.1. The molecule has 2 N–H and O–H groups in total. The fourth-order valence-electron chi connectivity index (χ4n) is 4.50. The number of hydrogen-bond donors (Lipinski definition) is 2. The van der Waals surface area contributed by atoms with E-state index >= 15 is 0 Å². The molecule has 1 fully saturated rings. The van der Waals surface area contributed by atoms with Crippen LogP contribution in [0, 0.1) is 0 Å². The monoisotopic (exact) mass is 457 g/mol. The zero-order chi connectivity index (χ0) is 22.7. The van der Waals surface area contributed by atoms with Gasteiger partial charge >= 0.3 is 0 Å². The summed E-state index contributed by atoms with van der Waals surface area (Å²) in [4.78, 5) is 42.1. The second-order valence-corrected chi connectivity index (χ2v) is 9.91. The van der Waals surface area contributed by atoms with E-state index in [1.807, 2.05) is 24.4 Å². The van der Waals surface area contributed by atoms with Gasteiger partial charge in [0, 0.05) is 23.5 Å². The highest BCUT2D eigenvalue weighted by molar-refractivity contribution is 7.09. The van der Waals surface area contributed by atoms with Crippen LogP contribution in [-0.4, -0.2) is 50.5 Å². The van der Waals surface area contributed by atoms with E-state index in [1.54, 1.807) is 22.3 Å². The third kappa shape index (κ3) is 4.44. The smallest absolute Gasteiger partial charge is 0.273 e. The molecule has 1 aliphatic heterocycles. The number of carbonyl (C=O) groups is 3. The van der Waals surface area contributed by atoms with E-state index in [0.29, 0.717) is 18.8 Å². The summed E-state index contributed by atoms with van der Waals surface area (Å²) in [5, 5.41) is 12.4. The molecule has 9 heteroatoms. The third-order valence-corrected chi connectivity index (χ3v) is 7.32. The van der Waals surface area contributed by atoms with Crippen molar-refractivity contribution in [3.05, 3.63) is 39.8 Å². The van der Waals surface area contributed by atoms with Crippen LogP contribution >= 0.6 is 11.3 Å². The second-order valence-electron chi connectivity index (χ2n) is 8.87. The Morgan fingerprint density at radius 1 is 1.31 bits per heavy atom. The van der Waals surface area contributed by atoms with Gasteiger partial charge in [0.25, 0.3) is 11.8 Å². The van der Waals surface area contributed by atoms with Crippen molar-refractivity contribution in [2.24, 2.45) is 0 Å². The van der Waals surface area contributed by atoms with Crippen molar-refractivity contribution in [1.29, 1.82) is 0 Å². The van der Waals surface area contributed by atoms with E-state index in [-0.39, 0.29) is 36.0 Å². The Labute approximate surface area is 192 Å². The van der Waals surface area contributed by atoms with Gasteiger partial charge in [-0.2, -0.15) is 5.10 Å². The summed E-state index contributed by atoms with van der Waals surface area (Å²) in [6.07, 6.45) is 5.92. The lowest BCUT2D eigenvalue weighted by molar-refractivity contribution is -0.133. The third-order valence-electron chi connectivity index (χ3n) is 6.45. The number of fused-ring (bicyclic) bond motifs is 1. The quantitative estimate of drug-likeness (QED) is 0.637. The second kappa shape index (κ2) is 9.44. The number of unbranched alkanes of at least 4 members (excludes halogenated alkanes) is 1. The van der Waals surface area contributed by atoms with Crippen LogP contribution in [0.2, 0.25) is 0 Å². The lowest BCUT2D eigenvalue weighted by Gasteiger charge is -2.43. The van der Waals surface area contributed by atoms with Gasteiger partial charge < -0.3 is 15.5 Å². The van der Waals surface area contributed by atoms with E-state index in [0.717, 1.165) is 43.4 Å². The van der Waals surface area contributed by atoms with Gasteiger partial charge in [-0.25, -0.2) is 0 Å². The number of hydrogen-bond acceptors (Lipinski definition) is 5. The van der Waals surface area contributed by atoms with E-state index in [9.17, 15) is 14.4 Å². The summed E-state index contributed by atoms with van der Waals surface area (Å²) in [5.41, 5.74) is -0.493. The molecule has 1 atom stereocenters. The number of thiophene rings is 1. The summed E-state index contributed by atoms with van der Waals surface area (Å²) < 4.78 is 1.53. The van der Waals surface area contributed by atoms with Gasteiger partial charge in [-0.15, -0.1) is 11.3 Å². The van der Waals surface area contributed by atoms with Crippen LogP contribution in [0.1, 0.15) is 78.2 Å². The van der Waals surface area contributed by atoms with Crippen molar-refractivity contribution in [3.8, 4) is 0 Å². The minimum atomic E-state index is -1.04. The first-order valence-electron chi connectivity index (χ1n) is 11.4. The average Bonchev–Trinajstić information content (AvgIpc) is 3.53. The first-order valence-corrected chi connectivity index (χ1v) is 12.3. The van der Waals surface area contributed by atoms with Crippen LogP contribution in [0.25, 0.3) is 0 Å². The molecule has 0 radical (unpaired) electrons. The van der Waals surface area contributed by atoms with E-state index in [4.69, 9.17) is 0 Å². The standard InChI is InChI=1S/C23H31N5O3S/c1-3-4-11-27-21(30)19-13-18(20(29)24-14-17-10-7-12-32-17)26-28(19)15-23(27,2)22(31)25-16-8-5-6-9-16/h7,10,12-13,16H,3-6,8-9,11,14-15H2,1-2H3,(H,24,29)(H,25,31)/t23-/m1/s1. The van der Waals surface area contributed by atoms with Gasteiger partial charge in [-0.1, -0.05) is 32.3 Å². The highest BCUT2D eigenvalue weighted by Gasteiger charge is 2.48. The minimum absolute atomic E-state index is 0.140. The first-order chi connectivity index (χ1) is 15.4. The largest absolute Gasteiger partial charge is 0.351 e. The molecule has 3 amide bonds. The minimum Gasteiger partial charge on any atom is -0.351 e. The zero-order valence-electron chi connectivity index (χ0n) is 18.7. The van der Waals surface area contributed by atoms with Crippen LogP contribution in [0.5, 0.6) is 0 Å². The molecule has 2 aromatic heterocycles. The fourth-order valence-corrected chi connectivity index (χ4v) is 5.15. The van der Waals surface area contributed by atoms with Crippen LogP contribution in [0.4, 0.5) is 0 Å². The molecule has 0 spiro atoms. The van der Waals surface area contributed by atoms with Crippen molar-refractivity contribution >= 4 is 29.1 Å². The normalized spacial score (nSPS) is 20.9. The lowest BCUT2D eigenvalue weighted by Crippen LogP contribution is -2.65. The molecule has 32 heavy (non-hydrogen) atoms. The predicted octanol–water partition coefficient (Wildman–Crippen LogP) is 2.95. The summed E-state index contributed by atoms with van der Waals surface area (Å²) in [7, 11) is 0. The van der Waals surface area contributed by atoms with Crippen molar-refractivity contribution in [2.45, 2.75) is 77.0 Å². The van der Waals surface area contributed by atoms with Crippen LogP contribution in [-0.2, 0) is 17.9 Å². The lowest BCUT2D eigenvalue weighted by atomic mass is 9.94. The number of rotatable bonds is 8. The number of nitrogens with one attached hydrogen (secondary N) is 2. The molecular formula is C23H31N5O3S. The summed E-state index contributed by atoms with van der Waals surface area (Å²) in [5.74, 6) is -0.720. The molecule has 8 nitrogen and oxygen atoms in total. The molecule has 0 unspecified atom stereocenters. The summed E-state index contributed by atoms with van der Waals surface area (Å²) in [6.45, 7) is 5.01. The Kier molecular flexibility index (Phi) is 6.64. The number of amides is 3. The van der Waals surface area contributed by atoms with Gasteiger partial charge in [0.1, 0.15) is 11.2 Å². The van der Waals surface area contributed by atoms with Gasteiger partial charge in [0.05, 0.1) is 13.1 Å². The van der Waals surface area contributed by atoms with Gasteiger partial charge in [0.2, 0.25) is 5.91 Å². The fraction of sp³-hybridized carbons (Fsp3) is 0.565. The average molecular weight is 458 g/mol. The Morgan fingerprint density at radius 2 is 2.09 bits per heavy atom. The SMILES string of the molecule is CCCCN1C(=O)c2cc(C(=O)NCc3cccs3)nn2C[C@]1(C)C(=O)NC1CCCC1. The first kappa shape index (κ1) is 22.5. The van der Waals surface area contributed by atoms with Crippen molar-refractivity contribution in [3.63, 3.8) is 0 Å². The topological polar surface area (TPSA) is 96.3 Å². The van der Waals surface area contributed by atoms with E-state index in [2.05, 4.69) is 22.7 Å². The van der Waals surface area contributed by atoms with Gasteiger partial charge in [0.15, 0.2) is 5.69 Å². The highest BCUT2D eigenvalue weighted by Crippen LogP contribution is 2.29. The predicted molar refractivity (Wildman–Crippen MR) is 122 cm³/mol. The maximum atomic E-state index is 13.4. The van der Waals surface area contributed by atoms with Crippen molar-refractivity contribution in [1.82, 2.24) is 25.3 Å². The molecule has 1 aliphatic carbocycles. The molecule has 2 aromatic rings. The van der Waals surface area contributed by atoms with Crippen molar-refractivity contribution < 1.29 is 14.4 Å². The molecule has 3 heterocycles. The van der Waals surface area contributed by atoms with Crippen molar-refractivity contribution in [2.75, 3.05) is 6.54 Å². The molecule has 0 bridgehead atoms. The molecular weight excluding hydrogens is 426 g/mol. The number of aromatic nitrogens is 2. The number of nitrogens with zero attached hydrogens (tertiary/aromatic N) is 3. The van der Waals surface area contributed by atoms with Crippen LogP contribution in [0.3, 0.4) is 0 Å². The maximum absolute atomic E-state index is 13.4.